The van der Waals surface area contributed by atoms with Gasteiger partial charge in [-0.3, -0.25) is 4.79 Å². The SMILES string of the molecule is CCC(CC)NC1CCN(C)C1=O. The average molecular weight is 184 g/mol. The predicted octanol–water partition coefficient (Wildman–Crippen LogP) is 0.995. The molecule has 0 radical (unpaired) electrons. The smallest absolute Gasteiger partial charge is 0.239 e. The van der Waals surface area contributed by atoms with Crippen LogP contribution in [0.2, 0.25) is 0 Å². The first-order chi connectivity index (χ1) is 6.19. The van der Waals surface area contributed by atoms with Gasteiger partial charge in [0.1, 0.15) is 0 Å². The zero-order chi connectivity index (χ0) is 9.84. The Labute approximate surface area is 80.5 Å². The molecule has 1 atom stereocenters. The summed E-state index contributed by atoms with van der Waals surface area (Å²) in [4.78, 5) is 13.3. The lowest BCUT2D eigenvalue weighted by Gasteiger charge is -2.19. The number of hydrogen-bond acceptors (Lipinski definition) is 2. The van der Waals surface area contributed by atoms with Crippen molar-refractivity contribution in [2.24, 2.45) is 0 Å². The van der Waals surface area contributed by atoms with Crippen molar-refractivity contribution in [3.8, 4) is 0 Å². The van der Waals surface area contributed by atoms with Crippen LogP contribution < -0.4 is 5.32 Å². The summed E-state index contributed by atoms with van der Waals surface area (Å²) >= 11 is 0. The molecule has 1 amide bonds. The Hall–Kier alpha value is -0.570. The van der Waals surface area contributed by atoms with Gasteiger partial charge < -0.3 is 10.2 Å². The minimum absolute atomic E-state index is 0.0786. The fourth-order valence-electron chi connectivity index (χ4n) is 1.79. The molecule has 0 spiro atoms. The third kappa shape index (κ3) is 2.44. The standard InChI is InChI=1S/C10H20N2O/c1-4-8(5-2)11-9-6-7-12(3)10(9)13/h8-9,11H,4-7H2,1-3H3. The molecule has 0 aromatic heterocycles. The molecule has 0 bridgehead atoms. The zero-order valence-electron chi connectivity index (χ0n) is 8.84. The normalized spacial score (nSPS) is 23.2. The summed E-state index contributed by atoms with van der Waals surface area (Å²) in [6.45, 7) is 5.21. The second kappa shape index (κ2) is 4.61. The van der Waals surface area contributed by atoms with Crippen LogP contribution in [0, 0.1) is 0 Å². The Morgan fingerprint density at radius 2 is 2.15 bits per heavy atom. The number of carbonyl (C=O) groups excluding carboxylic acids is 1. The van der Waals surface area contributed by atoms with Crippen LogP contribution in [0.5, 0.6) is 0 Å². The molecule has 76 valence electrons. The van der Waals surface area contributed by atoms with Gasteiger partial charge in [-0.25, -0.2) is 0 Å². The van der Waals surface area contributed by atoms with Gasteiger partial charge in [0.15, 0.2) is 0 Å². The van der Waals surface area contributed by atoms with Crippen molar-refractivity contribution in [1.82, 2.24) is 10.2 Å². The van der Waals surface area contributed by atoms with Gasteiger partial charge in [0, 0.05) is 19.6 Å². The molecule has 0 saturated carbocycles. The number of carbonyl (C=O) groups is 1. The maximum absolute atomic E-state index is 11.5. The number of rotatable bonds is 4. The lowest BCUT2D eigenvalue weighted by Crippen LogP contribution is -2.42. The van der Waals surface area contributed by atoms with E-state index in [9.17, 15) is 4.79 Å². The summed E-state index contributed by atoms with van der Waals surface area (Å²) in [5.41, 5.74) is 0. The fourth-order valence-corrected chi connectivity index (χ4v) is 1.79. The first-order valence-electron chi connectivity index (χ1n) is 5.20. The zero-order valence-corrected chi connectivity index (χ0v) is 8.84. The maximum Gasteiger partial charge on any atom is 0.239 e. The van der Waals surface area contributed by atoms with Gasteiger partial charge >= 0.3 is 0 Å². The molecule has 3 nitrogen and oxygen atoms in total. The van der Waals surface area contributed by atoms with Crippen LogP contribution in [0.15, 0.2) is 0 Å². The second-order valence-electron chi connectivity index (χ2n) is 3.78. The van der Waals surface area contributed by atoms with Gasteiger partial charge in [0.2, 0.25) is 5.91 Å². The molecule has 1 fully saturated rings. The summed E-state index contributed by atoms with van der Waals surface area (Å²) in [7, 11) is 1.87. The molecule has 0 aromatic rings. The molecular weight excluding hydrogens is 164 g/mol. The van der Waals surface area contributed by atoms with E-state index in [0.717, 1.165) is 25.8 Å². The second-order valence-corrected chi connectivity index (χ2v) is 3.78. The van der Waals surface area contributed by atoms with E-state index in [2.05, 4.69) is 19.2 Å². The molecule has 0 aliphatic carbocycles. The van der Waals surface area contributed by atoms with Gasteiger partial charge in [0.25, 0.3) is 0 Å². The van der Waals surface area contributed by atoms with Crippen LogP contribution in [0.1, 0.15) is 33.1 Å². The van der Waals surface area contributed by atoms with E-state index in [1.807, 2.05) is 7.05 Å². The van der Waals surface area contributed by atoms with Crippen molar-refractivity contribution in [3.63, 3.8) is 0 Å². The Balaban J connectivity index is 2.41. The third-order valence-corrected chi connectivity index (χ3v) is 2.85. The molecule has 1 aliphatic heterocycles. The minimum Gasteiger partial charge on any atom is -0.344 e. The van der Waals surface area contributed by atoms with Gasteiger partial charge in [-0.1, -0.05) is 13.8 Å². The van der Waals surface area contributed by atoms with Crippen molar-refractivity contribution >= 4 is 5.91 Å². The van der Waals surface area contributed by atoms with Gasteiger partial charge in [0.05, 0.1) is 6.04 Å². The third-order valence-electron chi connectivity index (χ3n) is 2.85. The van der Waals surface area contributed by atoms with Crippen LogP contribution in [-0.2, 0) is 4.79 Å². The highest BCUT2D eigenvalue weighted by molar-refractivity contribution is 5.83. The quantitative estimate of drug-likeness (QED) is 0.707. The fraction of sp³-hybridized carbons (Fsp3) is 0.900. The largest absolute Gasteiger partial charge is 0.344 e. The predicted molar refractivity (Wildman–Crippen MR) is 53.5 cm³/mol. The van der Waals surface area contributed by atoms with E-state index < -0.39 is 0 Å². The van der Waals surface area contributed by atoms with Crippen LogP contribution in [-0.4, -0.2) is 36.5 Å². The molecule has 13 heavy (non-hydrogen) atoms. The maximum atomic E-state index is 11.5. The molecule has 1 N–H and O–H groups in total. The summed E-state index contributed by atoms with van der Waals surface area (Å²) < 4.78 is 0. The Morgan fingerprint density at radius 3 is 2.54 bits per heavy atom. The van der Waals surface area contributed by atoms with Crippen LogP contribution >= 0.6 is 0 Å². The Kier molecular flexibility index (Phi) is 3.72. The minimum atomic E-state index is 0.0786. The lowest BCUT2D eigenvalue weighted by molar-refractivity contribution is -0.128. The average Bonchev–Trinajstić information content (AvgIpc) is 2.45. The van der Waals surface area contributed by atoms with E-state index in [1.54, 1.807) is 4.90 Å². The molecular formula is C10H20N2O. The van der Waals surface area contributed by atoms with Crippen molar-refractivity contribution in [3.05, 3.63) is 0 Å². The van der Waals surface area contributed by atoms with E-state index in [4.69, 9.17) is 0 Å². The van der Waals surface area contributed by atoms with Crippen molar-refractivity contribution in [2.75, 3.05) is 13.6 Å². The topological polar surface area (TPSA) is 32.3 Å². The van der Waals surface area contributed by atoms with E-state index >= 15 is 0 Å². The van der Waals surface area contributed by atoms with Crippen molar-refractivity contribution in [2.45, 2.75) is 45.2 Å². The molecule has 1 rings (SSSR count). The molecule has 1 saturated heterocycles. The highest BCUT2D eigenvalue weighted by Gasteiger charge is 2.29. The summed E-state index contributed by atoms with van der Waals surface area (Å²) in [5, 5.41) is 3.40. The number of nitrogens with zero attached hydrogens (tertiary/aromatic N) is 1. The Bertz CT molecular complexity index is 178. The number of amides is 1. The summed E-state index contributed by atoms with van der Waals surface area (Å²) in [6.07, 6.45) is 3.17. The summed E-state index contributed by atoms with van der Waals surface area (Å²) in [6, 6.07) is 0.579. The number of nitrogens with one attached hydrogen (secondary N) is 1. The molecule has 1 unspecified atom stereocenters. The number of likely N-dealkylation sites (tertiary alicyclic amines) is 1. The monoisotopic (exact) mass is 184 g/mol. The number of hydrogen-bond donors (Lipinski definition) is 1. The molecule has 1 heterocycles. The van der Waals surface area contributed by atoms with E-state index in [1.165, 1.54) is 0 Å². The van der Waals surface area contributed by atoms with E-state index in [-0.39, 0.29) is 11.9 Å². The van der Waals surface area contributed by atoms with E-state index in [0.29, 0.717) is 6.04 Å². The first-order valence-corrected chi connectivity index (χ1v) is 5.20. The highest BCUT2D eigenvalue weighted by Crippen LogP contribution is 2.10. The molecule has 3 heteroatoms. The lowest BCUT2D eigenvalue weighted by atomic mass is 10.1. The molecule has 1 aliphatic rings. The first kappa shape index (κ1) is 10.5. The molecule has 0 aromatic carbocycles. The Morgan fingerprint density at radius 1 is 1.54 bits per heavy atom. The van der Waals surface area contributed by atoms with Crippen molar-refractivity contribution < 1.29 is 4.79 Å². The highest BCUT2D eigenvalue weighted by atomic mass is 16.2. The van der Waals surface area contributed by atoms with Crippen molar-refractivity contribution in [1.29, 1.82) is 0 Å². The van der Waals surface area contributed by atoms with Crippen LogP contribution in [0.25, 0.3) is 0 Å². The van der Waals surface area contributed by atoms with Crippen LogP contribution in [0.4, 0.5) is 0 Å². The van der Waals surface area contributed by atoms with Gasteiger partial charge in [-0.15, -0.1) is 0 Å². The summed E-state index contributed by atoms with van der Waals surface area (Å²) in [5.74, 6) is 0.256. The van der Waals surface area contributed by atoms with Gasteiger partial charge in [-0.2, -0.15) is 0 Å². The van der Waals surface area contributed by atoms with Gasteiger partial charge in [-0.05, 0) is 19.3 Å². The van der Waals surface area contributed by atoms with Crippen LogP contribution in [0.3, 0.4) is 0 Å². The number of likely N-dealkylation sites (N-methyl/N-ethyl adjacent to an activating group) is 1.